The number of anilines is 1. The van der Waals surface area contributed by atoms with Gasteiger partial charge in [0, 0.05) is 36.3 Å². The van der Waals surface area contributed by atoms with Crippen molar-refractivity contribution < 1.29 is 9.59 Å². The Morgan fingerprint density at radius 3 is 3.00 bits per heavy atom. The Morgan fingerprint density at radius 1 is 1.40 bits per heavy atom. The number of halogens is 1. The molecular formula is C13H15BrN4O2. The maximum absolute atomic E-state index is 12.6. The smallest absolute Gasteiger partial charge is 0.317 e. The average Bonchev–Trinajstić information content (AvgIpc) is 2.82. The Labute approximate surface area is 125 Å². The van der Waals surface area contributed by atoms with Crippen LogP contribution in [0.15, 0.2) is 22.7 Å². The molecule has 2 heterocycles. The maximum atomic E-state index is 12.6. The van der Waals surface area contributed by atoms with Crippen LogP contribution >= 0.6 is 15.9 Å². The van der Waals surface area contributed by atoms with Crippen molar-refractivity contribution in [3.05, 3.63) is 28.2 Å². The van der Waals surface area contributed by atoms with Crippen LogP contribution in [0.2, 0.25) is 0 Å². The van der Waals surface area contributed by atoms with Crippen molar-refractivity contribution in [2.75, 3.05) is 31.9 Å². The molecule has 0 aromatic heterocycles. The summed E-state index contributed by atoms with van der Waals surface area (Å²) >= 11 is 3.38. The highest BCUT2D eigenvalue weighted by Crippen LogP contribution is 2.23. The SMILES string of the molecule is Nc1ccc(Br)c(C(=O)N2CCN3C(=O)NCC3C2)c1. The molecule has 3 rings (SSSR count). The van der Waals surface area contributed by atoms with Gasteiger partial charge in [-0.15, -0.1) is 0 Å². The summed E-state index contributed by atoms with van der Waals surface area (Å²) in [4.78, 5) is 27.7. The molecule has 2 fully saturated rings. The second-order valence-electron chi connectivity index (χ2n) is 5.02. The molecule has 1 atom stereocenters. The van der Waals surface area contributed by atoms with E-state index in [1.807, 2.05) is 0 Å². The standard InChI is InChI=1S/C13H15BrN4O2/c14-11-2-1-8(15)5-10(11)12(19)17-3-4-18-9(7-17)6-16-13(18)20/h1-2,5,9H,3-4,6-7,15H2,(H,16,20). The van der Waals surface area contributed by atoms with E-state index < -0.39 is 0 Å². The summed E-state index contributed by atoms with van der Waals surface area (Å²) in [7, 11) is 0. The first-order chi connectivity index (χ1) is 9.56. The van der Waals surface area contributed by atoms with Gasteiger partial charge in [0.2, 0.25) is 0 Å². The van der Waals surface area contributed by atoms with E-state index in [4.69, 9.17) is 5.73 Å². The van der Waals surface area contributed by atoms with Gasteiger partial charge >= 0.3 is 6.03 Å². The monoisotopic (exact) mass is 338 g/mol. The highest BCUT2D eigenvalue weighted by atomic mass is 79.9. The van der Waals surface area contributed by atoms with E-state index in [0.29, 0.717) is 37.4 Å². The van der Waals surface area contributed by atoms with E-state index >= 15 is 0 Å². The van der Waals surface area contributed by atoms with Crippen molar-refractivity contribution in [2.45, 2.75) is 6.04 Å². The summed E-state index contributed by atoms with van der Waals surface area (Å²) in [5.41, 5.74) is 6.87. The Balaban J connectivity index is 1.78. The number of nitrogens with zero attached hydrogens (tertiary/aromatic N) is 2. The number of nitrogen functional groups attached to an aromatic ring is 1. The number of piperazine rings is 1. The molecule has 1 aromatic carbocycles. The van der Waals surface area contributed by atoms with Crippen LogP contribution < -0.4 is 11.1 Å². The van der Waals surface area contributed by atoms with Crippen molar-refractivity contribution in [2.24, 2.45) is 0 Å². The lowest BCUT2D eigenvalue weighted by atomic mass is 10.1. The van der Waals surface area contributed by atoms with Crippen molar-refractivity contribution in [1.29, 1.82) is 0 Å². The third kappa shape index (κ3) is 2.22. The van der Waals surface area contributed by atoms with Crippen LogP contribution in [0.1, 0.15) is 10.4 Å². The zero-order valence-electron chi connectivity index (χ0n) is 10.8. The molecule has 0 spiro atoms. The van der Waals surface area contributed by atoms with Crippen molar-refractivity contribution in [1.82, 2.24) is 15.1 Å². The third-order valence-corrected chi connectivity index (χ3v) is 4.43. The first kappa shape index (κ1) is 13.2. The highest BCUT2D eigenvalue weighted by molar-refractivity contribution is 9.10. The minimum Gasteiger partial charge on any atom is -0.399 e. The van der Waals surface area contributed by atoms with Crippen LogP contribution in [0.5, 0.6) is 0 Å². The van der Waals surface area contributed by atoms with Crippen LogP contribution in [-0.4, -0.2) is 54.0 Å². The first-order valence-electron chi connectivity index (χ1n) is 6.45. The third-order valence-electron chi connectivity index (χ3n) is 3.74. The number of hydrogen-bond acceptors (Lipinski definition) is 3. The Bertz CT molecular complexity index is 577. The molecule has 3 N–H and O–H groups in total. The molecule has 0 bridgehead atoms. The Morgan fingerprint density at radius 2 is 2.20 bits per heavy atom. The summed E-state index contributed by atoms with van der Waals surface area (Å²) in [5.74, 6) is -0.0526. The van der Waals surface area contributed by atoms with E-state index in [-0.39, 0.29) is 18.0 Å². The lowest BCUT2D eigenvalue weighted by Crippen LogP contribution is -2.53. The van der Waals surface area contributed by atoms with Crippen molar-refractivity contribution >= 4 is 33.6 Å². The largest absolute Gasteiger partial charge is 0.399 e. The zero-order chi connectivity index (χ0) is 14.3. The molecule has 2 saturated heterocycles. The number of carbonyl (C=O) groups excluding carboxylic acids is 2. The maximum Gasteiger partial charge on any atom is 0.317 e. The normalized spacial score (nSPS) is 21.6. The molecule has 2 aliphatic rings. The Kier molecular flexibility index (Phi) is 3.29. The molecule has 0 radical (unpaired) electrons. The van der Waals surface area contributed by atoms with Crippen LogP contribution in [-0.2, 0) is 0 Å². The first-order valence-corrected chi connectivity index (χ1v) is 7.24. The predicted octanol–water partition coefficient (Wildman–Crippen LogP) is 0.881. The van der Waals surface area contributed by atoms with Gasteiger partial charge in [0.1, 0.15) is 0 Å². The fourth-order valence-electron chi connectivity index (χ4n) is 2.67. The number of nitrogens with one attached hydrogen (secondary N) is 1. The predicted molar refractivity (Wildman–Crippen MR) is 78.4 cm³/mol. The van der Waals surface area contributed by atoms with Gasteiger partial charge < -0.3 is 20.9 Å². The Hall–Kier alpha value is -1.76. The number of carbonyl (C=O) groups is 2. The fourth-order valence-corrected chi connectivity index (χ4v) is 3.08. The molecule has 0 saturated carbocycles. The van der Waals surface area contributed by atoms with E-state index in [9.17, 15) is 9.59 Å². The number of benzene rings is 1. The van der Waals surface area contributed by atoms with Gasteiger partial charge in [0.15, 0.2) is 0 Å². The number of fused-ring (bicyclic) bond motifs is 1. The lowest BCUT2D eigenvalue weighted by Gasteiger charge is -2.36. The van der Waals surface area contributed by atoms with Crippen LogP contribution in [0.25, 0.3) is 0 Å². The number of urea groups is 1. The van der Waals surface area contributed by atoms with Crippen LogP contribution in [0.4, 0.5) is 10.5 Å². The quantitative estimate of drug-likeness (QED) is 0.746. The number of rotatable bonds is 1. The van der Waals surface area contributed by atoms with E-state index in [2.05, 4.69) is 21.2 Å². The second kappa shape index (κ2) is 4.97. The molecule has 106 valence electrons. The summed E-state index contributed by atoms with van der Waals surface area (Å²) < 4.78 is 0.736. The average molecular weight is 339 g/mol. The highest BCUT2D eigenvalue weighted by Gasteiger charge is 2.37. The summed E-state index contributed by atoms with van der Waals surface area (Å²) in [6.45, 7) is 2.27. The van der Waals surface area contributed by atoms with E-state index in [0.717, 1.165) is 4.47 Å². The molecule has 1 unspecified atom stereocenters. The summed E-state index contributed by atoms with van der Waals surface area (Å²) in [6, 6.07) is 5.24. The summed E-state index contributed by atoms with van der Waals surface area (Å²) in [6.07, 6.45) is 0. The fraction of sp³-hybridized carbons (Fsp3) is 0.385. The second-order valence-corrected chi connectivity index (χ2v) is 5.88. The van der Waals surface area contributed by atoms with Gasteiger partial charge in [0.25, 0.3) is 5.91 Å². The molecule has 6 nitrogen and oxygen atoms in total. The van der Waals surface area contributed by atoms with Crippen molar-refractivity contribution in [3.63, 3.8) is 0 Å². The molecular weight excluding hydrogens is 324 g/mol. The minimum absolute atomic E-state index is 0.0350. The number of hydrogen-bond donors (Lipinski definition) is 2. The molecule has 1 aromatic rings. The van der Waals surface area contributed by atoms with Gasteiger partial charge in [-0.1, -0.05) is 0 Å². The van der Waals surface area contributed by atoms with Gasteiger partial charge in [-0.2, -0.15) is 0 Å². The molecule has 3 amide bonds. The molecule has 20 heavy (non-hydrogen) atoms. The van der Waals surface area contributed by atoms with Crippen LogP contribution in [0, 0.1) is 0 Å². The molecule has 7 heteroatoms. The van der Waals surface area contributed by atoms with E-state index in [1.54, 1.807) is 28.0 Å². The van der Waals surface area contributed by atoms with Crippen molar-refractivity contribution in [3.8, 4) is 0 Å². The van der Waals surface area contributed by atoms with E-state index in [1.165, 1.54) is 0 Å². The number of amides is 3. The van der Waals surface area contributed by atoms with Gasteiger partial charge in [-0.05, 0) is 34.1 Å². The summed E-state index contributed by atoms with van der Waals surface area (Å²) in [5, 5.41) is 2.80. The minimum atomic E-state index is -0.0526. The van der Waals surface area contributed by atoms with Crippen LogP contribution in [0.3, 0.4) is 0 Å². The number of nitrogens with two attached hydrogens (primary N) is 1. The lowest BCUT2D eigenvalue weighted by molar-refractivity contribution is 0.0616. The molecule has 0 aliphatic carbocycles. The van der Waals surface area contributed by atoms with Gasteiger partial charge in [-0.3, -0.25) is 4.79 Å². The topological polar surface area (TPSA) is 78.7 Å². The zero-order valence-corrected chi connectivity index (χ0v) is 12.4. The van der Waals surface area contributed by atoms with Gasteiger partial charge in [0.05, 0.1) is 11.6 Å². The molecule has 2 aliphatic heterocycles. The van der Waals surface area contributed by atoms with Gasteiger partial charge in [-0.25, -0.2) is 4.79 Å².